The third-order valence-corrected chi connectivity index (χ3v) is 8.22. The highest BCUT2D eigenvalue weighted by Gasteiger charge is 2.35. The fraction of sp³-hybridized carbons (Fsp3) is 0.241. The molecule has 0 bridgehead atoms. The maximum absolute atomic E-state index is 13.6. The largest absolute Gasteiger partial charge is 0.435 e. The van der Waals surface area contributed by atoms with Crippen LogP contribution in [0.2, 0.25) is 0 Å². The first-order chi connectivity index (χ1) is 19.4. The summed E-state index contributed by atoms with van der Waals surface area (Å²) >= 11 is 0. The van der Waals surface area contributed by atoms with E-state index in [1.807, 2.05) is 19.1 Å². The number of hydrogen-bond acceptors (Lipinski definition) is 5. The van der Waals surface area contributed by atoms with Crippen LogP contribution in [0.3, 0.4) is 0 Å². The zero-order valence-electron chi connectivity index (χ0n) is 22.3. The van der Waals surface area contributed by atoms with Gasteiger partial charge in [-0.3, -0.25) is 9.52 Å². The number of aryl methyl sites for hydroxylation is 2. The molecule has 1 amide bonds. The highest BCUT2D eigenvalue weighted by molar-refractivity contribution is 7.92. The van der Waals surface area contributed by atoms with E-state index in [1.165, 1.54) is 35.0 Å². The molecule has 8 nitrogen and oxygen atoms in total. The van der Waals surface area contributed by atoms with Gasteiger partial charge < -0.3 is 10.6 Å². The lowest BCUT2D eigenvalue weighted by atomic mass is 10.0. The van der Waals surface area contributed by atoms with Gasteiger partial charge in [0.15, 0.2) is 5.69 Å². The van der Waals surface area contributed by atoms with Crippen molar-refractivity contribution < 1.29 is 26.4 Å². The Balaban J connectivity index is 1.40. The average molecular weight is 584 g/mol. The Hall–Kier alpha value is -4.16. The number of amides is 1. The van der Waals surface area contributed by atoms with Gasteiger partial charge in [-0.1, -0.05) is 23.8 Å². The molecule has 214 valence electrons. The molecule has 0 saturated carbocycles. The minimum atomic E-state index is -4.66. The third kappa shape index (κ3) is 6.28. The molecule has 3 N–H and O–H groups in total. The summed E-state index contributed by atoms with van der Waals surface area (Å²) in [5.74, 6) is -0.189. The monoisotopic (exact) mass is 583 g/mol. The van der Waals surface area contributed by atoms with Crippen molar-refractivity contribution >= 4 is 27.3 Å². The molecule has 1 atom stereocenters. The van der Waals surface area contributed by atoms with Crippen molar-refractivity contribution in [2.24, 2.45) is 0 Å². The van der Waals surface area contributed by atoms with Crippen LogP contribution in [0.5, 0.6) is 0 Å². The van der Waals surface area contributed by atoms with Crippen LogP contribution < -0.4 is 15.4 Å². The molecule has 5 rings (SSSR count). The summed E-state index contributed by atoms with van der Waals surface area (Å²) in [7, 11) is -4.05. The highest BCUT2D eigenvalue weighted by Crippen LogP contribution is 2.35. The molecular weight excluding hydrogens is 555 g/mol. The predicted molar refractivity (Wildman–Crippen MR) is 150 cm³/mol. The Kier molecular flexibility index (Phi) is 7.62. The van der Waals surface area contributed by atoms with Gasteiger partial charge in [0.2, 0.25) is 5.91 Å². The third-order valence-electron chi connectivity index (χ3n) is 6.82. The summed E-state index contributed by atoms with van der Waals surface area (Å²) in [6.45, 7) is 4.41. The van der Waals surface area contributed by atoms with Crippen molar-refractivity contribution in [3.63, 3.8) is 0 Å². The Bertz CT molecular complexity index is 1690. The number of alkyl halides is 3. The lowest BCUT2D eigenvalue weighted by Crippen LogP contribution is -2.35. The van der Waals surface area contributed by atoms with Gasteiger partial charge in [0.1, 0.15) is 0 Å². The number of hydrogen-bond donors (Lipinski definition) is 3. The van der Waals surface area contributed by atoms with Crippen LogP contribution >= 0.6 is 0 Å². The van der Waals surface area contributed by atoms with Gasteiger partial charge in [-0.15, -0.1) is 0 Å². The van der Waals surface area contributed by atoms with Gasteiger partial charge in [-0.2, -0.15) is 18.3 Å². The first-order valence-electron chi connectivity index (χ1n) is 12.9. The minimum Gasteiger partial charge on any atom is -0.325 e. The van der Waals surface area contributed by atoms with Gasteiger partial charge >= 0.3 is 6.18 Å². The zero-order chi connectivity index (χ0) is 29.4. The van der Waals surface area contributed by atoms with Crippen LogP contribution in [0.1, 0.15) is 29.7 Å². The molecule has 1 saturated heterocycles. The highest BCUT2D eigenvalue weighted by atomic mass is 32.2. The van der Waals surface area contributed by atoms with E-state index in [4.69, 9.17) is 0 Å². The summed E-state index contributed by atoms with van der Waals surface area (Å²) in [4.78, 5) is 12.3. The lowest BCUT2D eigenvalue weighted by Gasteiger charge is -2.14. The van der Waals surface area contributed by atoms with E-state index in [1.54, 1.807) is 31.2 Å². The molecule has 41 heavy (non-hydrogen) atoms. The number of nitrogens with zero attached hydrogens (tertiary/aromatic N) is 2. The summed E-state index contributed by atoms with van der Waals surface area (Å²) in [6.07, 6.45) is -3.02. The number of carbonyl (C=O) groups excluding carboxylic acids is 1. The number of rotatable bonds is 7. The van der Waals surface area contributed by atoms with Crippen LogP contribution in [0, 0.1) is 13.8 Å². The van der Waals surface area contributed by atoms with Crippen LogP contribution in [-0.2, 0) is 21.0 Å². The molecule has 0 spiro atoms. The van der Waals surface area contributed by atoms with Crippen molar-refractivity contribution in [3.05, 3.63) is 89.6 Å². The summed E-state index contributed by atoms with van der Waals surface area (Å²) in [5, 5.41) is 9.70. The average Bonchev–Trinajstić information content (AvgIpc) is 3.61. The van der Waals surface area contributed by atoms with E-state index in [0.29, 0.717) is 11.3 Å². The second-order valence-corrected chi connectivity index (χ2v) is 11.6. The van der Waals surface area contributed by atoms with Crippen LogP contribution in [0.4, 0.5) is 24.5 Å². The van der Waals surface area contributed by atoms with E-state index in [-0.39, 0.29) is 33.9 Å². The molecule has 1 aromatic heterocycles. The summed E-state index contributed by atoms with van der Waals surface area (Å²) in [6, 6.07) is 17.9. The van der Waals surface area contributed by atoms with E-state index in [0.717, 1.165) is 36.6 Å². The van der Waals surface area contributed by atoms with E-state index >= 15 is 0 Å². The lowest BCUT2D eigenvalue weighted by molar-refractivity contribution is -0.141. The predicted octanol–water partition coefficient (Wildman–Crippen LogP) is 5.67. The first-order valence-corrected chi connectivity index (χ1v) is 14.4. The van der Waals surface area contributed by atoms with Crippen molar-refractivity contribution in [2.75, 3.05) is 16.6 Å². The fourth-order valence-electron chi connectivity index (χ4n) is 4.70. The molecule has 1 aliphatic rings. The number of halogens is 3. The molecule has 12 heteroatoms. The fourth-order valence-corrected chi connectivity index (χ4v) is 5.75. The van der Waals surface area contributed by atoms with E-state index in [2.05, 4.69) is 20.5 Å². The second kappa shape index (κ2) is 11.0. The SMILES string of the molecule is Cc1ccc(C)c(-c2cc(C(F)(F)F)nn2-c2ccc(S(=O)(=O)Nc3cccc(NC(=O)C4CCCN4)c3)cc2)c1. The summed E-state index contributed by atoms with van der Waals surface area (Å²) in [5.41, 5.74) is 2.36. The molecule has 1 fully saturated rings. The normalized spacial score (nSPS) is 15.6. The van der Waals surface area contributed by atoms with Crippen molar-refractivity contribution in [1.82, 2.24) is 15.1 Å². The van der Waals surface area contributed by atoms with Gasteiger partial charge in [0.05, 0.1) is 28.0 Å². The first kappa shape index (κ1) is 28.4. The second-order valence-electron chi connectivity index (χ2n) is 9.96. The number of benzene rings is 3. The Morgan fingerprint density at radius 2 is 1.73 bits per heavy atom. The van der Waals surface area contributed by atoms with Crippen LogP contribution in [0.25, 0.3) is 16.9 Å². The van der Waals surface area contributed by atoms with Crippen molar-refractivity contribution in [1.29, 1.82) is 0 Å². The van der Waals surface area contributed by atoms with Crippen molar-refractivity contribution in [3.8, 4) is 16.9 Å². The number of aromatic nitrogens is 2. The Morgan fingerprint density at radius 1 is 1.00 bits per heavy atom. The molecule has 1 unspecified atom stereocenters. The molecular formula is C29H28F3N5O3S. The maximum atomic E-state index is 13.6. The minimum absolute atomic E-state index is 0.0951. The van der Waals surface area contributed by atoms with Gasteiger partial charge in [-0.05, 0) is 93.4 Å². The van der Waals surface area contributed by atoms with Gasteiger partial charge in [0, 0.05) is 11.3 Å². The molecule has 0 radical (unpaired) electrons. The molecule has 4 aromatic rings. The van der Waals surface area contributed by atoms with Crippen molar-refractivity contribution in [2.45, 2.75) is 43.8 Å². The topological polar surface area (TPSA) is 105 Å². The van der Waals surface area contributed by atoms with Crippen LogP contribution in [-0.4, -0.2) is 36.7 Å². The number of anilines is 2. The molecule has 3 aromatic carbocycles. The molecule has 1 aliphatic heterocycles. The van der Waals surface area contributed by atoms with Gasteiger partial charge in [-0.25, -0.2) is 13.1 Å². The number of sulfonamides is 1. The number of carbonyl (C=O) groups is 1. The summed E-state index contributed by atoms with van der Waals surface area (Å²) < 4.78 is 70.7. The molecule has 0 aliphatic carbocycles. The van der Waals surface area contributed by atoms with Gasteiger partial charge in [0.25, 0.3) is 10.0 Å². The maximum Gasteiger partial charge on any atom is 0.435 e. The molecule has 2 heterocycles. The zero-order valence-corrected chi connectivity index (χ0v) is 23.1. The number of nitrogens with one attached hydrogen (secondary N) is 3. The Morgan fingerprint density at radius 3 is 2.41 bits per heavy atom. The van der Waals surface area contributed by atoms with E-state index in [9.17, 15) is 26.4 Å². The van der Waals surface area contributed by atoms with Crippen LogP contribution in [0.15, 0.2) is 77.7 Å². The standard InChI is InChI=1S/C29H28F3N5O3S/c1-18-8-9-19(2)24(15-18)26-17-27(29(30,31)32)35-37(26)22-10-12-23(13-11-22)41(39,40)36-21-6-3-5-20(16-21)34-28(38)25-7-4-14-33-25/h3,5-6,8-13,15-17,25,33,36H,4,7,14H2,1-2H3,(H,34,38). The quantitative estimate of drug-likeness (QED) is 0.260. The van der Waals surface area contributed by atoms with E-state index < -0.39 is 21.9 Å². The Labute approximate surface area is 235 Å². The smallest absolute Gasteiger partial charge is 0.325 e.